The summed E-state index contributed by atoms with van der Waals surface area (Å²) in [5.74, 6) is -0.616. The van der Waals surface area contributed by atoms with Crippen LogP contribution in [0.1, 0.15) is 25.3 Å². The molecule has 2 aromatic heterocycles. The predicted molar refractivity (Wildman–Crippen MR) is 108 cm³/mol. The third-order valence-electron chi connectivity index (χ3n) is 3.65. The lowest BCUT2D eigenvalue weighted by molar-refractivity contribution is -0.142. The molecule has 3 aromatic rings. The summed E-state index contributed by atoms with van der Waals surface area (Å²) in [6.45, 7) is 3.94. The molecule has 0 unspecified atom stereocenters. The topological polar surface area (TPSA) is 125 Å². The summed E-state index contributed by atoms with van der Waals surface area (Å²) in [6, 6.07) is 9.44. The van der Waals surface area contributed by atoms with Gasteiger partial charge in [0.15, 0.2) is 0 Å². The van der Waals surface area contributed by atoms with Gasteiger partial charge in [0.1, 0.15) is 5.01 Å². The molecule has 0 aliphatic carbocycles. The first kappa shape index (κ1) is 20.9. The number of hydrogen-bond donors (Lipinski definition) is 1. The Balaban J connectivity index is 1.64. The van der Waals surface area contributed by atoms with Crippen molar-refractivity contribution in [2.24, 2.45) is 0 Å². The van der Waals surface area contributed by atoms with E-state index in [9.17, 15) is 9.59 Å². The molecule has 0 spiro atoms. The highest BCUT2D eigenvalue weighted by atomic mass is 32.2. The zero-order chi connectivity index (χ0) is 20.6. The van der Waals surface area contributed by atoms with Crippen molar-refractivity contribution < 1.29 is 14.3 Å². The zero-order valence-electron chi connectivity index (χ0n) is 15.8. The van der Waals surface area contributed by atoms with Crippen molar-refractivity contribution in [2.45, 2.75) is 37.1 Å². The number of carbonyl (C=O) groups is 2. The van der Waals surface area contributed by atoms with Gasteiger partial charge in [-0.05, 0) is 35.9 Å². The number of aromatic nitrogens is 6. The highest BCUT2D eigenvalue weighted by Gasteiger charge is 2.23. The lowest BCUT2D eigenvalue weighted by Crippen LogP contribution is -2.25. The van der Waals surface area contributed by atoms with Crippen molar-refractivity contribution in [2.75, 3.05) is 11.9 Å². The van der Waals surface area contributed by atoms with E-state index in [1.165, 1.54) is 11.8 Å². The maximum Gasteiger partial charge on any atom is 0.312 e. The molecular weight excluding hydrogens is 414 g/mol. The van der Waals surface area contributed by atoms with E-state index in [2.05, 4.69) is 31.0 Å². The molecule has 29 heavy (non-hydrogen) atoms. The third-order valence-corrected chi connectivity index (χ3v) is 5.79. The summed E-state index contributed by atoms with van der Waals surface area (Å²) in [6.07, 6.45) is 0.589. The smallest absolute Gasteiger partial charge is 0.312 e. The number of ether oxygens (including phenoxy) is 1. The Morgan fingerprint density at radius 2 is 2.00 bits per heavy atom. The summed E-state index contributed by atoms with van der Waals surface area (Å²) >= 11 is 2.41. The van der Waals surface area contributed by atoms with E-state index < -0.39 is 5.25 Å². The lowest BCUT2D eigenvalue weighted by Gasteiger charge is -2.12. The number of tetrazole rings is 1. The number of rotatable bonds is 9. The fourth-order valence-corrected chi connectivity index (χ4v) is 3.97. The zero-order valence-corrected chi connectivity index (χ0v) is 17.4. The van der Waals surface area contributed by atoms with Gasteiger partial charge in [0.25, 0.3) is 0 Å². The number of anilines is 1. The molecule has 2 heterocycles. The van der Waals surface area contributed by atoms with Crippen LogP contribution in [0.2, 0.25) is 0 Å². The van der Waals surface area contributed by atoms with Gasteiger partial charge < -0.3 is 4.74 Å². The Bertz CT molecular complexity index is 961. The van der Waals surface area contributed by atoms with Crippen LogP contribution in [0.15, 0.2) is 35.5 Å². The minimum Gasteiger partial charge on any atom is -0.466 e. The van der Waals surface area contributed by atoms with Gasteiger partial charge in [0.05, 0.1) is 24.0 Å². The number of thioether (sulfide) groups is 1. The largest absolute Gasteiger partial charge is 0.466 e. The third kappa shape index (κ3) is 5.57. The summed E-state index contributed by atoms with van der Waals surface area (Å²) in [5.41, 5.74) is 0.808. The van der Waals surface area contributed by atoms with Gasteiger partial charge in [-0.25, -0.2) is 0 Å². The monoisotopic (exact) mass is 433 g/mol. The fraction of sp³-hybridized carbons (Fsp3) is 0.353. The van der Waals surface area contributed by atoms with Gasteiger partial charge in [0.2, 0.25) is 16.2 Å². The molecule has 152 valence electrons. The molecule has 0 saturated carbocycles. The van der Waals surface area contributed by atoms with E-state index in [4.69, 9.17) is 4.74 Å². The molecule has 0 bridgehead atoms. The minimum atomic E-state index is -0.430. The van der Waals surface area contributed by atoms with E-state index >= 15 is 0 Å². The SMILES string of the molecule is CCOC(=O)Cc1nnc(NC(=O)[C@@H](CC)Sc2nnnn2-c2ccccc2)s1. The summed E-state index contributed by atoms with van der Waals surface area (Å²) in [7, 11) is 0. The average molecular weight is 434 g/mol. The van der Waals surface area contributed by atoms with Crippen molar-refractivity contribution >= 4 is 40.1 Å². The molecule has 1 atom stereocenters. The summed E-state index contributed by atoms with van der Waals surface area (Å²) < 4.78 is 6.47. The fourth-order valence-electron chi connectivity index (χ4n) is 2.33. The molecule has 0 radical (unpaired) electrons. The maximum absolute atomic E-state index is 12.7. The molecule has 1 amide bonds. The standard InChI is InChI=1S/C17H19N7O3S2/c1-3-12(28-17-21-22-23-24(17)11-8-6-5-7-9-11)15(26)18-16-20-19-13(29-16)10-14(25)27-4-2/h5-9,12H,3-4,10H2,1-2H3,(H,18,20,26)/t12-/m1/s1. The van der Waals surface area contributed by atoms with Crippen molar-refractivity contribution in [1.29, 1.82) is 0 Å². The molecule has 0 aliphatic rings. The average Bonchev–Trinajstić information content (AvgIpc) is 3.36. The number of esters is 1. The van der Waals surface area contributed by atoms with Crippen molar-refractivity contribution in [3.05, 3.63) is 35.3 Å². The van der Waals surface area contributed by atoms with E-state index in [1.54, 1.807) is 11.6 Å². The van der Waals surface area contributed by atoms with Crippen LogP contribution < -0.4 is 5.32 Å². The molecular formula is C17H19N7O3S2. The molecule has 0 fully saturated rings. The van der Waals surface area contributed by atoms with Gasteiger partial charge in [-0.15, -0.1) is 15.3 Å². The molecule has 0 saturated heterocycles. The second kappa shape index (κ2) is 10.1. The summed E-state index contributed by atoms with van der Waals surface area (Å²) in [5, 5.41) is 23.2. The number of nitrogens with zero attached hydrogens (tertiary/aromatic N) is 6. The second-order valence-corrected chi connectivity index (χ2v) is 7.93. The highest BCUT2D eigenvalue weighted by Crippen LogP contribution is 2.26. The van der Waals surface area contributed by atoms with Crippen LogP contribution in [0, 0.1) is 0 Å². The first-order chi connectivity index (χ1) is 14.1. The quantitative estimate of drug-likeness (QED) is 0.399. The number of amides is 1. The molecule has 1 aromatic carbocycles. The van der Waals surface area contributed by atoms with Crippen molar-refractivity contribution in [3.8, 4) is 5.69 Å². The number of para-hydroxylation sites is 1. The van der Waals surface area contributed by atoms with E-state index in [-0.39, 0.29) is 18.3 Å². The van der Waals surface area contributed by atoms with Crippen LogP contribution in [0.4, 0.5) is 5.13 Å². The Kier molecular flexibility index (Phi) is 7.25. The van der Waals surface area contributed by atoms with Gasteiger partial charge in [0, 0.05) is 0 Å². The normalized spacial score (nSPS) is 11.8. The van der Waals surface area contributed by atoms with Gasteiger partial charge in [-0.3, -0.25) is 14.9 Å². The Morgan fingerprint density at radius 1 is 1.21 bits per heavy atom. The number of carbonyl (C=O) groups excluding carboxylic acids is 2. The Morgan fingerprint density at radius 3 is 2.72 bits per heavy atom. The Labute approximate surface area is 175 Å². The second-order valence-electron chi connectivity index (χ2n) is 5.70. The minimum absolute atomic E-state index is 0.0270. The van der Waals surface area contributed by atoms with Crippen molar-refractivity contribution in [1.82, 2.24) is 30.4 Å². The van der Waals surface area contributed by atoms with Crippen LogP contribution in [0.3, 0.4) is 0 Å². The van der Waals surface area contributed by atoms with Gasteiger partial charge in [-0.1, -0.05) is 48.2 Å². The molecule has 3 rings (SSSR count). The van der Waals surface area contributed by atoms with Crippen LogP contribution in [0.5, 0.6) is 0 Å². The van der Waals surface area contributed by atoms with Gasteiger partial charge >= 0.3 is 5.97 Å². The van der Waals surface area contributed by atoms with Crippen LogP contribution in [0.25, 0.3) is 5.69 Å². The first-order valence-electron chi connectivity index (χ1n) is 8.90. The highest BCUT2D eigenvalue weighted by molar-refractivity contribution is 8.00. The van der Waals surface area contributed by atoms with Gasteiger partial charge in [-0.2, -0.15) is 4.68 Å². The lowest BCUT2D eigenvalue weighted by atomic mass is 10.3. The Hall–Kier alpha value is -2.86. The molecule has 0 aliphatic heterocycles. The van der Waals surface area contributed by atoms with E-state index in [0.717, 1.165) is 17.0 Å². The number of hydrogen-bond acceptors (Lipinski definition) is 10. The van der Waals surface area contributed by atoms with Crippen LogP contribution >= 0.6 is 23.1 Å². The number of nitrogens with one attached hydrogen (secondary N) is 1. The number of benzene rings is 1. The first-order valence-corrected chi connectivity index (χ1v) is 10.6. The summed E-state index contributed by atoms with van der Waals surface area (Å²) in [4.78, 5) is 24.2. The van der Waals surface area contributed by atoms with Crippen LogP contribution in [-0.4, -0.2) is 54.1 Å². The molecule has 12 heteroatoms. The van der Waals surface area contributed by atoms with Crippen LogP contribution in [-0.2, 0) is 20.7 Å². The van der Waals surface area contributed by atoms with E-state index in [1.807, 2.05) is 37.3 Å². The predicted octanol–water partition coefficient (Wildman–Crippen LogP) is 2.13. The maximum atomic E-state index is 12.7. The van der Waals surface area contributed by atoms with Crippen molar-refractivity contribution in [3.63, 3.8) is 0 Å². The van der Waals surface area contributed by atoms with E-state index in [0.29, 0.717) is 28.3 Å². The molecule has 1 N–H and O–H groups in total. The molecule has 10 nitrogen and oxygen atoms in total.